The first kappa shape index (κ1) is 22.9. The molecule has 1 aromatic carbocycles. The van der Waals surface area contributed by atoms with Crippen molar-refractivity contribution in [2.24, 2.45) is 5.92 Å². The highest BCUT2D eigenvalue weighted by Crippen LogP contribution is 2.36. The van der Waals surface area contributed by atoms with Gasteiger partial charge in [0.15, 0.2) is 0 Å². The molecule has 2 heterocycles. The lowest BCUT2D eigenvalue weighted by molar-refractivity contribution is -0.117. The van der Waals surface area contributed by atoms with Crippen molar-refractivity contribution < 1.29 is 14.3 Å². The minimum absolute atomic E-state index is 0.154. The third kappa shape index (κ3) is 6.09. The second-order valence-corrected chi connectivity index (χ2v) is 8.40. The predicted molar refractivity (Wildman–Crippen MR) is 126 cm³/mol. The zero-order valence-corrected chi connectivity index (χ0v) is 18.9. The quantitative estimate of drug-likeness (QED) is 0.614. The van der Waals surface area contributed by atoms with Crippen molar-refractivity contribution in [2.75, 3.05) is 19.0 Å². The number of pyridine rings is 1. The number of anilines is 1. The van der Waals surface area contributed by atoms with Crippen molar-refractivity contribution in [3.05, 3.63) is 47.5 Å². The van der Waals surface area contributed by atoms with Gasteiger partial charge in [0.25, 0.3) is 0 Å². The summed E-state index contributed by atoms with van der Waals surface area (Å²) in [6.45, 7) is 3.97. The number of thioether (sulfide) groups is 1. The first-order chi connectivity index (χ1) is 15.0. The molecule has 1 aliphatic rings. The minimum atomic E-state index is -0.732. The van der Waals surface area contributed by atoms with Gasteiger partial charge in [-0.05, 0) is 56.7 Å². The van der Waals surface area contributed by atoms with Crippen LogP contribution in [0.3, 0.4) is 0 Å². The molecule has 1 amide bonds. The number of ether oxygens (including phenoxy) is 2. The van der Waals surface area contributed by atoms with Crippen molar-refractivity contribution >= 4 is 39.2 Å². The van der Waals surface area contributed by atoms with Crippen LogP contribution >= 0.6 is 11.8 Å². The molecule has 31 heavy (non-hydrogen) atoms. The fraction of sp³-hybridized carbons (Fsp3) is 0.375. The summed E-state index contributed by atoms with van der Waals surface area (Å²) in [6.07, 6.45) is 7.47. The van der Waals surface area contributed by atoms with Gasteiger partial charge in [-0.15, -0.1) is 0 Å². The number of nitrogens with zero attached hydrogens (tertiary/aromatic N) is 2. The van der Waals surface area contributed by atoms with Crippen LogP contribution in [0.1, 0.15) is 38.8 Å². The van der Waals surface area contributed by atoms with Gasteiger partial charge in [0.05, 0.1) is 23.9 Å². The highest BCUT2D eigenvalue weighted by atomic mass is 32.2. The van der Waals surface area contributed by atoms with E-state index in [4.69, 9.17) is 19.7 Å². The molecule has 0 bridgehead atoms. The van der Waals surface area contributed by atoms with Gasteiger partial charge in [0.1, 0.15) is 17.8 Å². The molecule has 3 rings (SSSR count). The highest BCUT2D eigenvalue weighted by molar-refractivity contribution is 8.10. The molecular formula is C24H27N3O3S. The maximum Gasteiger partial charge on any atom is 0.241 e. The molecule has 1 aromatic heterocycles. The Morgan fingerprint density at radius 1 is 1.32 bits per heavy atom. The molecule has 2 atom stereocenters. The average Bonchev–Trinajstić information content (AvgIpc) is 2.73. The Morgan fingerprint density at radius 2 is 2.16 bits per heavy atom. The number of hydrogen-bond acceptors (Lipinski definition) is 6. The van der Waals surface area contributed by atoms with E-state index in [0.717, 1.165) is 40.8 Å². The van der Waals surface area contributed by atoms with Gasteiger partial charge >= 0.3 is 0 Å². The molecular weight excluding hydrogens is 410 g/mol. The predicted octanol–water partition coefficient (Wildman–Crippen LogP) is 5.52. The highest BCUT2D eigenvalue weighted by Gasteiger charge is 2.16. The third-order valence-corrected chi connectivity index (χ3v) is 5.76. The van der Waals surface area contributed by atoms with Crippen LogP contribution in [0.4, 0.5) is 5.69 Å². The van der Waals surface area contributed by atoms with Crippen molar-refractivity contribution in [1.29, 1.82) is 5.26 Å². The molecule has 7 heteroatoms. The van der Waals surface area contributed by atoms with Gasteiger partial charge in [-0.25, -0.2) is 4.98 Å². The van der Waals surface area contributed by atoms with Gasteiger partial charge in [0.2, 0.25) is 5.91 Å². The number of carbonyl (C=O) groups is 1. The number of hydrogen-bond donors (Lipinski definition) is 1. The van der Waals surface area contributed by atoms with Gasteiger partial charge in [-0.1, -0.05) is 23.9 Å². The summed E-state index contributed by atoms with van der Waals surface area (Å²) in [5.41, 5.74) is 2.23. The number of rotatable bonds is 7. The fourth-order valence-electron chi connectivity index (χ4n) is 3.16. The lowest BCUT2D eigenvalue weighted by atomic mass is 10.1. The Bertz CT molecular complexity index is 1040. The van der Waals surface area contributed by atoms with Gasteiger partial charge in [-0.2, -0.15) is 5.26 Å². The monoisotopic (exact) mass is 437 g/mol. The Labute approximate surface area is 187 Å². The lowest BCUT2D eigenvalue weighted by Crippen LogP contribution is -2.19. The number of aromatic nitrogens is 1. The number of nitriles is 1. The normalized spacial score (nSPS) is 18.6. The largest absolute Gasteiger partial charge is 0.488 e. The smallest absolute Gasteiger partial charge is 0.241 e. The fourth-order valence-corrected chi connectivity index (χ4v) is 3.98. The number of allylic oxidation sites excluding steroid dienone is 2. The van der Waals surface area contributed by atoms with E-state index in [1.165, 1.54) is 0 Å². The van der Waals surface area contributed by atoms with Crippen molar-refractivity contribution in [1.82, 2.24) is 4.98 Å². The van der Waals surface area contributed by atoms with E-state index in [-0.39, 0.29) is 12.0 Å². The third-order valence-electron chi connectivity index (χ3n) is 4.80. The van der Waals surface area contributed by atoms with E-state index >= 15 is 0 Å². The van der Waals surface area contributed by atoms with E-state index in [1.54, 1.807) is 31.9 Å². The molecule has 6 nitrogen and oxygen atoms in total. The summed E-state index contributed by atoms with van der Waals surface area (Å²) < 4.78 is 11.4. The first-order valence-corrected chi connectivity index (χ1v) is 11.2. The van der Waals surface area contributed by atoms with E-state index in [2.05, 4.69) is 22.9 Å². The van der Waals surface area contributed by atoms with Gasteiger partial charge in [0, 0.05) is 29.2 Å². The molecule has 1 N–H and O–H groups in total. The molecule has 0 aliphatic carbocycles. The number of carbonyl (C=O) groups excluding carboxylic acids is 1. The van der Waals surface area contributed by atoms with Crippen LogP contribution in [-0.4, -0.2) is 30.7 Å². The molecule has 1 unspecified atom stereocenters. The summed E-state index contributed by atoms with van der Waals surface area (Å²) >= 11 is 1.66. The van der Waals surface area contributed by atoms with E-state index in [9.17, 15) is 4.79 Å². The van der Waals surface area contributed by atoms with Crippen LogP contribution in [-0.2, 0) is 9.53 Å². The first-order valence-electron chi connectivity index (χ1n) is 10.3. The second kappa shape index (κ2) is 11.0. The van der Waals surface area contributed by atoms with Gasteiger partial charge < -0.3 is 14.8 Å². The van der Waals surface area contributed by atoms with Crippen LogP contribution in [0.15, 0.2) is 41.8 Å². The topological polar surface area (TPSA) is 84.2 Å². The number of methoxy groups -OCH3 is 1. The summed E-state index contributed by atoms with van der Waals surface area (Å²) in [5.74, 6) is -0.393. The van der Waals surface area contributed by atoms with Crippen molar-refractivity contribution in [3.8, 4) is 11.8 Å². The van der Waals surface area contributed by atoms with E-state index in [1.807, 2.05) is 31.2 Å². The molecule has 2 aromatic rings. The summed E-state index contributed by atoms with van der Waals surface area (Å²) in [4.78, 5) is 18.1. The Kier molecular flexibility index (Phi) is 8.10. The van der Waals surface area contributed by atoms with Crippen LogP contribution < -0.4 is 10.1 Å². The Balaban J connectivity index is 2.02. The molecule has 0 fully saturated rings. The Hall–Kier alpha value is -2.82. The van der Waals surface area contributed by atoms with Crippen molar-refractivity contribution in [3.63, 3.8) is 0 Å². The standard InChI is InChI=1S/C24H27N3O3S/c1-16(14-25)24(28)26-18-9-10-20-19(12-18)22(30-17(2)15-29-3)13-21(27-20)23-8-6-4-5-7-11-31-23/h7-13,16-17H,4-6,15H2,1-3H3,(H,26,28)/b11-7+,23-8-/t16?,17-/m1/s1. The van der Waals surface area contributed by atoms with E-state index < -0.39 is 5.92 Å². The molecule has 0 spiro atoms. The minimum Gasteiger partial charge on any atom is -0.488 e. The number of fused-ring (bicyclic) bond motifs is 1. The van der Waals surface area contributed by atoms with Crippen LogP contribution in [0, 0.1) is 17.2 Å². The average molecular weight is 438 g/mol. The summed E-state index contributed by atoms with van der Waals surface area (Å²) in [7, 11) is 1.64. The maximum absolute atomic E-state index is 12.1. The van der Waals surface area contributed by atoms with Crippen LogP contribution in [0.2, 0.25) is 0 Å². The summed E-state index contributed by atoms with van der Waals surface area (Å²) in [6, 6.07) is 9.40. The molecule has 162 valence electrons. The van der Waals surface area contributed by atoms with Crippen LogP contribution in [0.25, 0.3) is 15.8 Å². The van der Waals surface area contributed by atoms with Crippen LogP contribution in [0.5, 0.6) is 5.75 Å². The Morgan fingerprint density at radius 3 is 2.94 bits per heavy atom. The summed E-state index contributed by atoms with van der Waals surface area (Å²) in [5, 5.41) is 14.7. The zero-order valence-electron chi connectivity index (χ0n) is 18.1. The van der Waals surface area contributed by atoms with E-state index in [0.29, 0.717) is 18.0 Å². The molecule has 1 aliphatic heterocycles. The molecule has 0 radical (unpaired) electrons. The zero-order chi connectivity index (χ0) is 22.2. The molecule has 0 saturated heterocycles. The van der Waals surface area contributed by atoms with Gasteiger partial charge in [-0.3, -0.25) is 4.79 Å². The molecule has 0 saturated carbocycles. The second-order valence-electron chi connectivity index (χ2n) is 7.45. The van der Waals surface area contributed by atoms with Crippen molar-refractivity contribution in [2.45, 2.75) is 39.2 Å². The number of amides is 1. The number of benzene rings is 1. The SMILES string of the molecule is COC[C@@H](C)Oc1cc(/C2=C/CCC/C=C/S2)nc2ccc(NC(=O)C(C)C#N)cc12. The maximum atomic E-state index is 12.1. The lowest BCUT2D eigenvalue weighted by Gasteiger charge is -2.18. The number of nitrogens with one attached hydrogen (secondary N) is 1.